The third kappa shape index (κ3) is 3.51. The van der Waals surface area contributed by atoms with Crippen molar-refractivity contribution in [1.29, 1.82) is 0 Å². The van der Waals surface area contributed by atoms with Gasteiger partial charge in [0.1, 0.15) is 0 Å². The minimum atomic E-state index is 1.17. The monoisotopic (exact) mass is 191 g/mol. The molecular formula is C13H21N. The Bertz CT molecular complexity index is 289. The SMILES string of the molecule is Cc1ccc(C)c(CCCN(C)C)c1. The summed E-state index contributed by atoms with van der Waals surface area (Å²) < 4.78 is 0. The molecule has 0 aromatic heterocycles. The van der Waals surface area contributed by atoms with Gasteiger partial charge in [-0.25, -0.2) is 0 Å². The molecule has 0 bridgehead atoms. The largest absolute Gasteiger partial charge is 0.309 e. The van der Waals surface area contributed by atoms with Crippen LogP contribution < -0.4 is 0 Å². The van der Waals surface area contributed by atoms with Crippen LogP contribution in [0.4, 0.5) is 0 Å². The Labute approximate surface area is 87.7 Å². The highest BCUT2D eigenvalue weighted by Gasteiger charge is 1.99. The van der Waals surface area contributed by atoms with Crippen LogP contribution in [0.2, 0.25) is 0 Å². The molecule has 0 fully saturated rings. The molecule has 0 heterocycles. The minimum absolute atomic E-state index is 1.17. The normalized spacial score (nSPS) is 10.9. The third-order valence-electron chi connectivity index (χ3n) is 2.56. The summed E-state index contributed by atoms with van der Waals surface area (Å²) >= 11 is 0. The van der Waals surface area contributed by atoms with Crippen molar-refractivity contribution in [3.8, 4) is 0 Å². The van der Waals surface area contributed by atoms with Crippen LogP contribution in [0.15, 0.2) is 18.2 Å². The summed E-state index contributed by atoms with van der Waals surface area (Å²) in [6.45, 7) is 5.53. The van der Waals surface area contributed by atoms with E-state index in [-0.39, 0.29) is 0 Å². The van der Waals surface area contributed by atoms with Gasteiger partial charge in [-0.3, -0.25) is 0 Å². The maximum atomic E-state index is 2.31. The number of hydrogen-bond acceptors (Lipinski definition) is 1. The van der Waals surface area contributed by atoms with Crippen molar-refractivity contribution in [1.82, 2.24) is 4.90 Å². The molecule has 0 N–H and O–H groups in total. The van der Waals surface area contributed by atoms with Gasteiger partial charge in [-0.2, -0.15) is 0 Å². The van der Waals surface area contributed by atoms with E-state index in [9.17, 15) is 0 Å². The maximum absolute atomic E-state index is 2.31. The fraction of sp³-hybridized carbons (Fsp3) is 0.538. The summed E-state index contributed by atoms with van der Waals surface area (Å²) in [5.41, 5.74) is 4.30. The van der Waals surface area contributed by atoms with E-state index in [1.165, 1.54) is 36.1 Å². The Morgan fingerprint density at radius 2 is 1.86 bits per heavy atom. The van der Waals surface area contributed by atoms with E-state index in [1.807, 2.05) is 0 Å². The molecule has 0 saturated carbocycles. The van der Waals surface area contributed by atoms with Gasteiger partial charge in [-0.05, 0) is 58.5 Å². The molecule has 1 nitrogen and oxygen atoms in total. The second kappa shape index (κ2) is 5.16. The molecule has 14 heavy (non-hydrogen) atoms. The number of hydrogen-bond donors (Lipinski definition) is 0. The van der Waals surface area contributed by atoms with Crippen molar-refractivity contribution in [2.45, 2.75) is 26.7 Å². The van der Waals surface area contributed by atoms with Gasteiger partial charge in [0, 0.05) is 0 Å². The van der Waals surface area contributed by atoms with Gasteiger partial charge in [-0.1, -0.05) is 23.8 Å². The Kier molecular flexibility index (Phi) is 4.15. The summed E-state index contributed by atoms with van der Waals surface area (Å²) in [6, 6.07) is 6.72. The molecule has 0 amide bonds. The van der Waals surface area contributed by atoms with Crippen LogP contribution in [0.3, 0.4) is 0 Å². The van der Waals surface area contributed by atoms with E-state index in [4.69, 9.17) is 0 Å². The molecular weight excluding hydrogens is 170 g/mol. The predicted molar refractivity (Wildman–Crippen MR) is 62.8 cm³/mol. The van der Waals surface area contributed by atoms with Crippen molar-refractivity contribution in [2.75, 3.05) is 20.6 Å². The van der Waals surface area contributed by atoms with E-state index in [1.54, 1.807) is 0 Å². The summed E-state index contributed by atoms with van der Waals surface area (Å²) in [5, 5.41) is 0. The molecule has 1 aromatic carbocycles. The second-order valence-corrected chi connectivity index (χ2v) is 4.34. The van der Waals surface area contributed by atoms with Gasteiger partial charge >= 0.3 is 0 Å². The number of rotatable bonds is 4. The second-order valence-electron chi connectivity index (χ2n) is 4.34. The predicted octanol–water partition coefficient (Wildman–Crippen LogP) is 2.80. The maximum Gasteiger partial charge on any atom is -0.00217 e. The fourth-order valence-corrected chi connectivity index (χ4v) is 1.66. The lowest BCUT2D eigenvalue weighted by molar-refractivity contribution is 0.400. The first-order chi connectivity index (χ1) is 6.59. The third-order valence-corrected chi connectivity index (χ3v) is 2.56. The van der Waals surface area contributed by atoms with Gasteiger partial charge in [0.25, 0.3) is 0 Å². The smallest absolute Gasteiger partial charge is 0.00217 e. The van der Waals surface area contributed by atoms with Gasteiger partial charge in [0.2, 0.25) is 0 Å². The van der Waals surface area contributed by atoms with Gasteiger partial charge in [0.05, 0.1) is 0 Å². The van der Waals surface area contributed by atoms with Crippen LogP contribution in [-0.2, 0) is 6.42 Å². The number of aryl methyl sites for hydroxylation is 3. The van der Waals surface area contributed by atoms with E-state index >= 15 is 0 Å². The minimum Gasteiger partial charge on any atom is -0.309 e. The van der Waals surface area contributed by atoms with Crippen molar-refractivity contribution in [3.05, 3.63) is 34.9 Å². The Morgan fingerprint density at radius 3 is 2.50 bits per heavy atom. The Morgan fingerprint density at radius 1 is 1.14 bits per heavy atom. The zero-order valence-corrected chi connectivity index (χ0v) is 9.80. The van der Waals surface area contributed by atoms with Crippen LogP contribution in [0.5, 0.6) is 0 Å². The number of benzene rings is 1. The van der Waals surface area contributed by atoms with E-state index < -0.39 is 0 Å². The highest BCUT2D eigenvalue weighted by Crippen LogP contribution is 2.12. The average Bonchev–Trinajstić information content (AvgIpc) is 2.10. The molecule has 0 aliphatic rings. The first-order valence-corrected chi connectivity index (χ1v) is 5.30. The summed E-state index contributed by atoms with van der Waals surface area (Å²) in [5.74, 6) is 0. The molecule has 1 rings (SSSR count). The van der Waals surface area contributed by atoms with Crippen LogP contribution in [-0.4, -0.2) is 25.5 Å². The molecule has 1 aromatic rings. The molecule has 0 atom stereocenters. The zero-order valence-electron chi connectivity index (χ0n) is 9.80. The summed E-state index contributed by atoms with van der Waals surface area (Å²) in [7, 11) is 4.26. The topological polar surface area (TPSA) is 3.24 Å². The van der Waals surface area contributed by atoms with Crippen LogP contribution in [0.25, 0.3) is 0 Å². The lowest BCUT2D eigenvalue weighted by Crippen LogP contribution is -2.13. The first-order valence-electron chi connectivity index (χ1n) is 5.30. The molecule has 78 valence electrons. The van der Waals surface area contributed by atoms with Crippen molar-refractivity contribution < 1.29 is 0 Å². The average molecular weight is 191 g/mol. The molecule has 0 unspecified atom stereocenters. The molecule has 0 aliphatic carbocycles. The van der Waals surface area contributed by atoms with Crippen LogP contribution >= 0.6 is 0 Å². The van der Waals surface area contributed by atoms with E-state index in [0.29, 0.717) is 0 Å². The van der Waals surface area contributed by atoms with Crippen LogP contribution in [0.1, 0.15) is 23.1 Å². The molecule has 0 saturated heterocycles. The van der Waals surface area contributed by atoms with Crippen LogP contribution in [0, 0.1) is 13.8 Å². The van der Waals surface area contributed by atoms with E-state index in [2.05, 4.69) is 51.0 Å². The molecule has 1 heteroatoms. The quantitative estimate of drug-likeness (QED) is 0.707. The highest BCUT2D eigenvalue weighted by molar-refractivity contribution is 5.30. The molecule has 0 radical (unpaired) electrons. The van der Waals surface area contributed by atoms with Crippen molar-refractivity contribution >= 4 is 0 Å². The lowest BCUT2D eigenvalue weighted by Gasteiger charge is -2.10. The zero-order chi connectivity index (χ0) is 10.6. The number of nitrogens with zero attached hydrogens (tertiary/aromatic N) is 1. The Hall–Kier alpha value is -0.820. The summed E-state index contributed by atoms with van der Waals surface area (Å²) in [4.78, 5) is 2.24. The lowest BCUT2D eigenvalue weighted by atomic mass is 10.0. The van der Waals surface area contributed by atoms with Crippen molar-refractivity contribution in [3.63, 3.8) is 0 Å². The standard InChI is InChI=1S/C13H21N/c1-11-7-8-12(2)13(10-11)6-5-9-14(3)4/h7-8,10H,5-6,9H2,1-4H3. The van der Waals surface area contributed by atoms with Gasteiger partial charge < -0.3 is 4.90 Å². The highest BCUT2D eigenvalue weighted by atomic mass is 15.0. The van der Waals surface area contributed by atoms with Crippen molar-refractivity contribution in [2.24, 2.45) is 0 Å². The Balaban J connectivity index is 2.53. The first kappa shape index (κ1) is 11.3. The fourth-order valence-electron chi connectivity index (χ4n) is 1.66. The molecule has 0 spiro atoms. The summed E-state index contributed by atoms with van der Waals surface area (Å²) in [6.07, 6.45) is 2.45. The molecule has 0 aliphatic heterocycles. The van der Waals surface area contributed by atoms with Gasteiger partial charge in [-0.15, -0.1) is 0 Å². The van der Waals surface area contributed by atoms with E-state index in [0.717, 1.165) is 0 Å². The van der Waals surface area contributed by atoms with Gasteiger partial charge in [0.15, 0.2) is 0 Å².